The highest BCUT2D eigenvalue weighted by Gasteiger charge is 2.12. The molecule has 0 radical (unpaired) electrons. The first-order valence-corrected chi connectivity index (χ1v) is 7.14. The Balaban J connectivity index is 1.73. The quantitative estimate of drug-likeness (QED) is 0.624. The lowest BCUT2D eigenvalue weighted by molar-refractivity contribution is 0.482. The van der Waals surface area contributed by atoms with Gasteiger partial charge in [-0.05, 0) is 31.2 Å². The van der Waals surface area contributed by atoms with Crippen molar-refractivity contribution in [2.45, 2.75) is 6.92 Å². The van der Waals surface area contributed by atoms with E-state index in [9.17, 15) is 0 Å². The Bertz CT molecular complexity index is 956. The third-order valence-corrected chi connectivity index (χ3v) is 3.44. The molecule has 0 bridgehead atoms. The summed E-state index contributed by atoms with van der Waals surface area (Å²) in [6, 6.07) is 14.9. The van der Waals surface area contributed by atoms with Crippen molar-refractivity contribution >= 4 is 11.5 Å². The van der Waals surface area contributed by atoms with Gasteiger partial charge in [0.05, 0.1) is 6.26 Å². The highest BCUT2D eigenvalue weighted by atomic mass is 16.5. The zero-order chi connectivity index (χ0) is 15.8. The number of rotatable bonds is 3. The van der Waals surface area contributed by atoms with Gasteiger partial charge in [-0.1, -0.05) is 17.7 Å². The molecule has 6 heteroatoms. The molecule has 3 aromatic heterocycles. The second kappa shape index (κ2) is 5.17. The number of hydrogen-bond acceptors (Lipinski definition) is 5. The van der Waals surface area contributed by atoms with Crippen LogP contribution in [0.1, 0.15) is 5.56 Å². The summed E-state index contributed by atoms with van der Waals surface area (Å²) >= 11 is 0. The summed E-state index contributed by atoms with van der Waals surface area (Å²) in [5, 5.41) is 4.35. The molecule has 0 aliphatic heterocycles. The number of nitrogens with zero attached hydrogens (tertiary/aromatic N) is 3. The van der Waals surface area contributed by atoms with Gasteiger partial charge in [-0.25, -0.2) is 4.98 Å². The maximum Gasteiger partial charge on any atom is 0.217 e. The molecule has 0 amide bonds. The van der Waals surface area contributed by atoms with Crippen LogP contribution in [0.4, 0.5) is 5.82 Å². The molecule has 6 nitrogen and oxygen atoms in total. The molecule has 0 atom stereocenters. The van der Waals surface area contributed by atoms with Crippen LogP contribution in [0.15, 0.2) is 59.2 Å². The second-order valence-corrected chi connectivity index (χ2v) is 5.21. The van der Waals surface area contributed by atoms with Gasteiger partial charge in [-0.3, -0.25) is 0 Å². The summed E-state index contributed by atoms with van der Waals surface area (Å²) in [6.07, 6.45) is 1.58. The fourth-order valence-electron chi connectivity index (χ4n) is 2.29. The first-order chi connectivity index (χ1) is 11.2. The molecule has 0 unspecified atom stereocenters. The number of nitrogens with two attached hydrogens (primary N) is 1. The Morgan fingerprint density at radius 1 is 1.09 bits per heavy atom. The standard InChI is InChI=1S/C17H14N4O2/c1-11-4-6-12(7-5-11)23-13-9-15(18)21-16(10-13)19-17(20-21)14-3-2-8-22-14/h2-10H,18H2,1H3. The topological polar surface area (TPSA) is 78.6 Å². The maximum absolute atomic E-state index is 6.05. The second-order valence-electron chi connectivity index (χ2n) is 5.21. The van der Waals surface area contributed by atoms with Crippen LogP contribution in [-0.4, -0.2) is 14.6 Å². The predicted octanol–water partition coefficient (Wildman–Crippen LogP) is 3.67. The van der Waals surface area contributed by atoms with Crippen molar-refractivity contribution in [1.82, 2.24) is 14.6 Å². The molecule has 0 aliphatic carbocycles. The number of aromatic nitrogens is 3. The maximum atomic E-state index is 6.05. The van der Waals surface area contributed by atoms with Crippen molar-refractivity contribution in [3.63, 3.8) is 0 Å². The molecule has 4 aromatic rings. The predicted molar refractivity (Wildman–Crippen MR) is 86.4 cm³/mol. The van der Waals surface area contributed by atoms with Crippen molar-refractivity contribution in [2.75, 3.05) is 5.73 Å². The van der Waals surface area contributed by atoms with Gasteiger partial charge in [0.15, 0.2) is 11.4 Å². The van der Waals surface area contributed by atoms with E-state index in [-0.39, 0.29) is 0 Å². The fraction of sp³-hybridized carbons (Fsp3) is 0.0588. The van der Waals surface area contributed by atoms with E-state index in [0.29, 0.717) is 28.8 Å². The van der Waals surface area contributed by atoms with Crippen molar-refractivity contribution < 1.29 is 9.15 Å². The van der Waals surface area contributed by atoms with Crippen LogP contribution >= 0.6 is 0 Å². The number of aryl methyl sites for hydroxylation is 1. The molecule has 0 spiro atoms. The number of anilines is 1. The van der Waals surface area contributed by atoms with Crippen LogP contribution in [0.25, 0.3) is 17.2 Å². The van der Waals surface area contributed by atoms with Crippen LogP contribution < -0.4 is 10.5 Å². The van der Waals surface area contributed by atoms with Crippen LogP contribution in [0.5, 0.6) is 11.5 Å². The minimum Gasteiger partial charge on any atom is -0.461 e. The van der Waals surface area contributed by atoms with Crippen LogP contribution in [0.2, 0.25) is 0 Å². The fourth-order valence-corrected chi connectivity index (χ4v) is 2.29. The summed E-state index contributed by atoms with van der Waals surface area (Å²) in [5.74, 6) is 2.86. The molecule has 3 heterocycles. The summed E-state index contributed by atoms with van der Waals surface area (Å²) in [4.78, 5) is 4.43. The normalized spacial score (nSPS) is 11.0. The average molecular weight is 306 g/mol. The Morgan fingerprint density at radius 3 is 2.65 bits per heavy atom. The van der Waals surface area contributed by atoms with E-state index in [1.165, 1.54) is 5.56 Å². The van der Waals surface area contributed by atoms with Gasteiger partial charge in [0.1, 0.15) is 17.3 Å². The average Bonchev–Trinajstić information content (AvgIpc) is 3.18. The summed E-state index contributed by atoms with van der Waals surface area (Å²) in [7, 11) is 0. The third-order valence-electron chi connectivity index (χ3n) is 3.44. The molecule has 0 fully saturated rings. The van der Waals surface area contributed by atoms with Crippen LogP contribution in [0, 0.1) is 6.92 Å². The van der Waals surface area contributed by atoms with Gasteiger partial charge < -0.3 is 14.9 Å². The molecular weight excluding hydrogens is 292 g/mol. The lowest BCUT2D eigenvalue weighted by Crippen LogP contribution is -1.99. The van der Waals surface area contributed by atoms with E-state index in [1.54, 1.807) is 35.0 Å². The van der Waals surface area contributed by atoms with Gasteiger partial charge in [0.2, 0.25) is 5.82 Å². The van der Waals surface area contributed by atoms with Crippen molar-refractivity contribution in [2.24, 2.45) is 0 Å². The molecule has 4 rings (SSSR count). The van der Waals surface area contributed by atoms with Gasteiger partial charge in [0.25, 0.3) is 0 Å². The minimum absolute atomic E-state index is 0.440. The number of furan rings is 1. The number of nitrogen functional groups attached to an aromatic ring is 1. The number of fused-ring (bicyclic) bond motifs is 1. The van der Waals surface area contributed by atoms with Crippen molar-refractivity contribution in [3.05, 3.63) is 60.4 Å². The number of ether oxygens (including phenoxy) is 1. The van der Waals surface area contributed by atoms with Crippen LogP contribution in [0.3, 0.4) is 0 Å². The third kappa shape index (κ3) is 2.50. The lowest BCUT2D eigenvalue weighted by atomic mass is 10.2. The van der Waals surface area contributed by atoms with Gasteiger partial charge in [-0.2, -0.15) is 4.52 Å². The first kappa shape index (κ1) is 13.4. The Hall–Kier alpha value is -3.28. The molecule has 23 heavy (non-hydrogen) atoms. The van der Waals surface area contributed by atoms with E-state index in [2.05, 4.69) is 10.1 Å². The largest absolute Gasteiger partial charge is 0.461 e. The number of hydrogen-bond donors (Lipinski definition) is 1. The van der Waals surface area contributed by atoms with E-state index >= 15 is 0 Å². The Morgan fingerprint density at radius 2 is 1.91 bits per heavy atom. The Kier molecular flexibility index (Phi) is 3.01. The molecule has 114 valence electrons. The van der Waals surface area contributed by atoms with Crippen molar-refractivity contribution in [3.8, 4) is 23.1 Å². The van der Waals surface area contributed by atoms with E-state index in [1.807, 2.05) is 31.2 Å². The molecule has 0 saturated heterocycles. The zero-order valence-electron chi connectivity index (χ0n) is 12.4. The molecule has 2 N–H and O–H groups in total. The molecule has 0 saturated carbocycles. The zero-order valence-corrected chi connectivity index (χ0v) is 12.4. The Labute approximate surface area is 132 Å². The molecular formula is C17H14N4O2. The van der Waals surface area contributed by atoms with Crippen molar-refractivity contribution in [1.29, 1.82) is 0 Å². The first-order valence-electron chi connectivity index (χ1n) is 7.14. The number of pyridine rings is 1. The van der Waals surface area contributed by atoms with Gasteiger partial charge in [-0.15, -0.1) is 5.10 Å². The SMILES string of the molecule is Cc1ccc(Oc2cc(N)n3nc(-c4ccco4)nc3c2)cc1. The summed E-state index contributed by atoms with van der Waals surface area (Å²) < 4.78 is 12.7. The number of benzene rings is 1. The van der Waals surface area contributed by atoms with Gasteiger partial charge in [0, 0.05) is 12.1 Å². The smallest absolute Gasteiger partial charge is 0.217 e. The highest BCUT2D eigenvalue weighted by molar-refractivity contribution is 5.58. The van der Waals surface area contributed by atoms with Crippen LogP contribution in [-0.2, 0) is 0 Å². The van der Waals surface area contributed by atoms with E-state index in [0.717, 1.165) is 5.75 Å². The molecule has 1 aromatic carbocycles. The molecule has 0 aliphatic rings. The lowest BCUT2D eigenvalue weighted by Gasteiger charge is -2.07. The highest BCUT2D eigenvalue weighted by Crippen LogP contribution is 2.26. The van der Waals surface area contributed by atoms with E-state index in [4.69, 9.17) is 14.9 Å². The monoisotopic (exact) mass is 306 g/mol. The van der Waals surface area contributed by atoms with Gasteiger partial charge >= 0.3 is 0 Å². The minimum atomic E-state index is 0.440. The van der Waals surface area contributed by atoms with E-state index < -0.39 is 0 Å². The summed E-state index contributed by atoms with van der Waals surface area (Å²) in [6.45, 7) is 2.03. The summed E-state index contributed by atoms with van der Waals surface area (Å²) in [5.41, 5.74) is 7.82.